The predicted octanol–water partition coefficient (Wildman–Crippen LogP) is 3.36. The molecule has 0 saturated carbocycles. The van der Waals surface area contributed by atoms with Crippen LogP contribution in [0.1, 0.15) is 21.5 Å². The van der Waals surface area contributed by atoms with Gasteiger partial charge >= 0.3 is 0 Å². The van der Waals surface area contributed by atoms with Crippen molar-refractivity contribution in [2.24, 2.45) is 5.73 Å². The lowest BCUT2D eigenvalue weighted by Crippen LogP contribution is -1.85. The Labute approximate surface area is 108 Å². The van der Waals surface area contributed by atoms with Crippen molar-refractivity contribution in [3.8, 4) is 11.1 Å². The van der Waals surface area contributed by atoms with Gasteiger partial charge in [-0.2, -0.15) is 0 Å². The van der Waals surface area contributed by atoms with Gasteiger partial charge < -0.3 is 5.73 Å². The highest BCUT2D eigenvalue weighted by atomic mass is 16.1. The maximum absolute atomic E-state index is 10.7. The van der Waals surface area contributed by atoms with Crippen molar-refractivity contribution in [3.05, 3.63) is 59.2 Å². The predicted molar refractivity (Wildman–Crippen MR) is 76.9 cm³/mol. The van der Waals surface area contributed by atoms with E-state index < -0.39 is 0 Å². The van der Waals surface area contributed by atoms with Gasteiger partial charge in [0.05, 0.1) is 0 Å². The number of aldehydes is 1. The minimum atomic E-state index is 0.718. The third kappa shape index (κ3) is 3.28. The lowest BCUT2D eigenvalue weighted by Gasteiger charge is -2.05. The summed E-state index contributed by atoms with van der Waals surface area (Å²) in [5, 5.41) is 0. The molecule has 0 aliphatic rings. The molecule has 0 amide bonds. The molecule has 2 N–H and O–H groups in total. The monoisotopic (exact) mass is 241 g/mol. The maximum Gasteiger partial charge on any atom is 0.150 e. The number of hydrogen-bond acceptors (Lipinski definition) is 2. The Morgan fingerprint density at radius 3 is 2.17 bits per heavy atom. The van der Waals surface area contributed by atoms with Crippen molar-refractivity contribution >= 4 is 6.29 Å². The van der Waals surface area contributed by atoms with Gasteiger partial charge in [-0.05, 0) is 49.2 Å². The molecule has 2 aromatic rings. The number of hydrogen-bond donors (Lipinski definition) is 1. The number of carbonyl (C=O) groups excluding carboxylic acids is 1. The summed E-state index contributed by atoms with van der Waals surface area (Å²) in [5.41, 5.74) is 10.0. The van der Waals surface area contributed by atoms with Crippen LogP contribution in [-0.4, -0.2) is 13.3 Å². The maximum atomic E-state index is 10.7. The molecule has 0 atom stereocenters. The molecule has 2 nitrogen and oxygen atoms in total. The fourth-order valence-corrected chi connectivity index (χ4v) is 1.71. The van der Waals surface area contributed by atoms with Crippen LogP contribution in [0.4, 0.5) is 0 Å². The molecule has 0 spiro atoms. The molecule has 0 aliphatic heterocycles. The zero-order valence-electron chi connectivity index (χ0n) is 11.1. The average molecular weight is 241 g/mol. The van der Waals surface area contributed by atoms with E-state index in [1.165, 1.54) is 18.2 Å². The summed E-state index contributed by atoms with van der Waals surface area (Å²) in [7, 11) is 1.50. The summed E-state index contributed by atoms with van der Waals surface area (Å²) >= 11 is 0. The van der Waals surface area contributed by atoms with Gasteiger partial charge in [0.1, 0.15) is 6.29 Å². The first kappa shape index (κ1) is 14.1. The lowest BCUT2D eigenvalue weighted by molar-refractivity contribution is 0.112. The van der Waals surface area contributed by atoms with Crippen LogP contribution in [0.5, 0.6) is 0 Å². The molecule has 0 unspecified atom stereocenters. The van der Waals surface area contributed by atoms with Gasteiger partial charge in [0, 0.05) is 5.56 Å². The molecule has 2 rings (SSSR count). The van der Waals surface area contributed by atoms with Gasteiger partial charge in [-0.3, -0.25) is 4.79 Å². The van der Waals surface area contributed by atoms with Crippen LogP contribution in [0.3, 0.4) is 0 Å². The Morgan fingerprint density at radius 2 is 1.56 bits per heavy atom. The van der Waals surface area contributed by atoms with Crippen LogP contribution in [0, 0.1) is 13.8 Å². The van der Waals surface area contributed by atoms with Crippen molar-refractivity contribution in [1.82, 2.24) is 0 Å². The molecule has 2 aromatic carbocycles. The van der Waals surface area contributed by atoms with Gasteiger partial charge in [-0.25, -0.2) is 0 Å². The summed E-state index contributed by atoms with van der Waals surface area (Å²) < 4.78 is 0. The van der Waals surface area contributed by atoms with E-state index in [1.807, 2.05) is 24.3 Å². The standard InChI is InChI=1S/C15H14O.CH5N/c1-11-6-7-15(8-12(11)2)14-5-3-4-13(9-14)10-16;1-2/h3-10H,1-2H3;2H2,1H3. The van der Waals surface area contributed by atoms with Crippen molar-refractivity contribution < 1.29 is 4.79 Å². The quantitative estimate of drug-likeness (QED) is 0.819. The second kappa shape index (κ2) is 6.72. The molecule has 2 heteroatoms. The average Bonchev–Trinajstić information content (AvgIpc) is 2.44. The first-order valence-corrected chi connectivity index (χ1v) is 5.91. The normalized spacial score (nSPS) is 9.33. The lowest BCUT2D eigenvalue weighted by atomic mass is 9.99. The molecule has 0 aromatic heterocycles. The van der Waals surface area contributed by atoms with Gasteiger partial charge in [-0.15, -0.1) is 0 Å². The fourth-order valence-electron chi connectivity index (χ4n) is 1.71. The zero-order chi connectivity index (χ0) is 13.5. The number of rotatable bonds is 2. The molecule has 0 bridgehead atoms. The van der Waals surface area contributed by atoms with Crippen LogP contribution >= 0.6 is 0 Å². The zero-order valence-corrected chi connectivity index (χ0v) is 11.1. The minimum absolute atomic E-state index is 0.718. The molecule has 0 aliphatic carbocycles. The first-order valence-electron chi connectivity index (χ1n) is 5.91. The second-order valence-corrected chi connectivity index (χ2v) is 4.04. The fraction of sp³-hybridized carbons (Fsp3) is 0.188. The summed E-state index contributed by atoms with van der Waals surface area (Å²) in [6, 6.07) is 14.0. The molecule has 0 fully saturated rings. The Kier molecular flexibility index (Phi) is 5.28. The first-order chi connectivity index (χ1) is 8.70. The van der Waals surface area contributed by atoms with E-state index in [1.54, 1.807) is 0 Å². The largest absolute Gasteiger partial charge is 0.333 e. The van der Waals surface area contributed by atoms with Crippen LogP contribution in [0.25, 0.3) is 11.1 Å². The Morgan fingerprint density at radius 1 is 0.889 bits per heavy atom. The Bertz CT molecular complexity index is 532. The number of carbonyl (C=O) groups is 1. The van der Waals surface area contributed by atoms with E-state index >= 15 is 0 Å². The molecule has 0 radical (unpaired) electrons. The number of nitrogens with two attached hydrogens (primary N) is 1. The van der Waals surface area contributed by atoms with Gasteiger partial charge in [0.2, 0.25) is 0 Å². The van der Waals surface area contributed by atoms with Gasteiger partial charge in [-0.1, -0.05) is 36.4 Å². The minimum Gasteiger partial charge on any atom is -0.333 e. The van der Waals surface area contributed by atoms with E-state index in [0.29, 0.717) is 0 Å². The Balaban J connectivity index is 0.000000771. The number of benzene rings is 2. The van der Waals surface area contributed by atoms with Crippen molar-refractivity contribution in [2.45, 2.75) is 13.8 Å². The molecule has 0 heterocycles. The van der Waals surface area contributed by atoms with Crippen LogP contribution in [0.15, 0.2) is 42.5 Å². The van der Waals surface area contributed by atoms with E-state index in [9.17, 15) is 4.79 Å². The van der Waals surface area contributed by atoms with Crippen LogP contribution in [0.2, 0.25) is 0 Å². The SMILES string of the molecule is CN.Cc1ccc(-c2cccc(C=O)c2)cc1C. The van der Waals surface area contributed by atoms with E-state index in [4.69, 9.17) is 0 Å². The summed E-state index contributed by atoms with van der Waals surface area (Å²) in [6.07, 6.45) is 0.880. The summed E-state index contributed by atoms with van der Waals surface area (Å²) in [5.74, 6) is 0. The number of aryl methyl sites for hydroxylation is 2. The molecular weight excluding hydrogens is 222 g/mol. The van der Waals surface area contributed by atoms with Gasteiger partial charge in [0.15, 0.2) is 0 Å². The van der Waals surface area contributed by atoms with Gasteiger partial charge in [0.25, 0.3) is 0 Å². The van der Waals surface area contributed by atoms with E-state index in [2.05, 4.69) is 37.8 Å². The summed E-state index contributed by atoms with van der Waals surface area (Å²) in [4.78, 5) is 10.7. The molecule has 0 saturated heterocycles. The third-order valence-electron chi connectivity index (χ3n) is 2.86. The smallest absolute Gasteiger partial charge is 0.150 e. The van der Waals surface area contributed by atoms with Crippen LogP contribution < -0.4 is 5.73 Å². The van der Waals surface area contributed by atoms with Crippen molar-refractivity contribution in [2.75, 3.05) is 7.05 Å². The highest BCUT2D eigenvalue weighted by molar-refractivity contribution is 5.79. The molecular formula is C16H19NO. The van der Waals surface area contributed by atoms with E-state index in [0.717, 1.165) is 23.0 Å². The topological polar surface area (TPSA) is 43.1 Å². The van der Waals surface area contributed by atoms with Crippen molar-refractivity contribution in [3.63, 3.8) is 0 Å². The third-order valence-corrected chi connectivity index (χ3v) is 2.86. The van der Waals surface area contributed by atoms with Crippen molar-refractivity contribution in [1.29, 1.82) is 0 Å². The summed E-state index contributed by atoms with van der Waals surface area (Å²) in [6.45, 7) is 4.20. The molecule has 18 heavy (non-hydrogen) atoms. The second-order valence-electron chi connectivity index (χ2n) is 4.04. The highest BCUT2D eigenvalue weighted by Crippen LogP contribution is 2.22. The highest BCUT2D eigenvalue weighted by Gasteiger charge is 2.00. The van der Waals surface area contributed by atoms with Crippen LogP contribution in [-0.2, 0) is 0 Å². The Hall–Kier alpha value is -1.93. The molecule has 94 valence electrons. The van der Waals surface area contributed by atoms with E-state index in [-0.39, 0.29) is 0 Å².